The summed E-state index contributed by atoms with van der Waals surface area (Å²) < 4.78 is 27.1. The highest BCUT2D eigenvalue weighted by atomic mass is 32.2. The van der Waals surface area contributed by atoms with E-state index in [1.165, 1.54) is 16.4 Å². The van der Waals surface area contributed by atoms with Crippen molar-refractivity contribution >= 4 is 16.0 Å². The zero-order chi connectivity index (χ0) is 17.3. The van der Waals surface area contributed by atoms with Gasteiger partial charge in [0.2, 0.25) is 10.0 Å². The molecule has 2 aromatic carbocycles. The molecule has 0 aromatic heterocycles. The number of benzene rings is 2. The Kier molecular flexibility index (Phi) is 4.43. The Balaban J connectivity index is 1.87. The number of hydrogen-bond acceptors (Lipinski definition) is 3. The molecule has 0 aliphatic carbocycles. The summed E-state index contributed by atoms with van der Waals surface area (Å²) in [7, 11) is -3.68. The quantitative estimate of drug-likeness (QED) is 0.924. The topological polar surface area (TPSA) is 74.7 Å². The van der Waals surface area contributed by atoms with E-state index in [0.29, 0.717) is 18.7 Å². The van der Waals surface area contributed by atoms with Crippen molar-refractivity contribution in [1.82, 2.24) is 4.31 Å². The van der Waals surface area contributed by atoms with Crippen molar-refractivity contribution in [2.24, 2.45) is 0 Å². The van der Waals surface area contributed by atoms with Gasteiger partial charge in [0.05, 0.1) is 10.5 Å². The number of carboxylic acids is 1. The Morgan fingerprint density at radius 2 is 1.88 bits per heavy atom. The van der Waals surface area contributed by atoms with E-state index in [1.54, 1.807) is 13.0 Å². The summed E-state index contributed by atoms with van der Waals surface area (Å²) in [5.41, 5.74) is 1.70. The average Bonchev–Trinajstić information content (AvgIpc) is 3.06. The second-order valence-corrected chi connectivity index (χ2v) is 7.98. The zero-order valence-electron chi connectivity index (χ0n) is 13.3. The third kappa shape index (κ3) is 3.07. The van der Waals surface area contributed by atoms with Crippen molar-refractivity contribution in [3.8, 4) is 0 Å². The fraction of sp³-hybridized carbons (Fsp3) is 0.278. The third-order valence-electron chi connectivity index (χ3n) is 4.50. The van der Waals surface area contributed by atoms with Gasteiger partial charge in [-0.15, -0.1) is 0 Å². The minimum atomic E-state index is -3.68. The van der Waals surface area contributed by atoms with Gasteiger partial charge in [0.25, 0.3) is 0 Å². The fourth-order valence-corrected chi connectivity index (χ4v) is 4.61. The lowest BCUT2D eigenvalue weighted by atomic mass is 9.99. The molecule has 0 bridgehead atoms. The Hall–Kier alpha value is -2.18. The summed E-state index contributed by atoms with van der Waals surface area (Å²) in [6.07, 6.45) is 0.765. The predicted molar refractivity (Wildman–Crippen MR) is 90.7 cm³/mol. The Morgan fingerprint density at radius 1 is 1.17 bits per heavy atom. The van der Waals surface area contributed by atoms with Gasteiger partial charge < -0.3 is 5.11 Å². The molecule has 1 fully saturated rings. The number of hydrogen-bond donors (Lipinski definition) is 1. The van der Waals surface area contributed by atoms with E-state index in [2.05, 4.69) is 0 Å². The van der Waals surface area contributed by atoms with Crippen molar-refractivity contribution in [3.05, 3.63) is 65.2 Å². The summed E-state index contributed by atoms with van der Waals surface area (Å²) in [6, 6.07) is 14.1. The number of aromatic carboxylic acids is 1. The summed E-state index contributed by atoms with van der Waals surface area (Å²) in [5, 5.41) is 9.20. The van der Waals surface area contributed by atoms with Crippen molar-refractivity contribution in [2.75, 3.05) is 13.1 Å². The molecule has 2 aromatic rings. The van der Waals surface area contributed by atoms with Gasteiger partial charge in [-0.25, -0.2) is 13.2 Å². The van der Waals surface area contributed by atoms with Crippen LogP contribution < -0.4 is 0 Å². The number of carboxylic acid groups (broad SMARTS) is 1. The SMILES string of the molecule is Cc1ccc(S(=O)(=O)N2CCC(c3ccccc3)C2)cc1C(=O)O. The molecule has 0 spiro atoms. The average molecular weight is 345 g/mol. The van der Waals surface area contributed by atoms with Crippen LogP contribution in [-0.2, 0) is 10.0 Å². The third-order valence-corrected chi connectivity index (χ3v) is 6.36. The van der Waals surface area contributed by atoms with Gasteiger partial charge in [0, 0.05) is 13.1 Å². The molecule has 0 radical (unpaired) electrons. The molecule has 3 rings (SSSR count). The first-order valence-electron chi connectivity index (χ1n) is 7.78. The lowest BCUT2D eigenvalue weighted by Gasteiger charge is -2.17. The van der Waals surface area contributed by atoms with Crippen LogP contribution in [0.1, 0.15) is 33.8 Å². The number of aryl methyl sites for hydroxylation is 1. The monoisotopic (exact) mass is 345 g/mol. The van der Waals surface area contributed by atoms with Gasteiger partial charge in [0.15, 0.2) is 0 Å². The van der Waals surface area contributed by atoms with Gasteiger partial charge in [-0.05, 0) is 42.5 Å². The summed E-state index contributed by atoms with van der Waals surface area (Å²) in [5.74, 6) is -0.946. The maximum Gasteiger partial charge on any atom is 0.335 e. The van der Waals surface area contributed by atoms with Gasteiger partial charge in [-0.1, -0.05) is 36.4 Å². The Bertz CT molecular complexity index is 862. The minimum Gasteiger partial charge on any atom is -0.478 e. The first-order chi connectivity index (χ1) is 11.4. The van der Waals surface area contributed by atoms with E-state index < -0.39 is 16.0 Å². The van der Waals surface area contributed by atoms with Crippen molar-refractivity contribution < 1.29 is 18.3 Å². The molecule has 1 saturated heterocycles. The van der Waals surface area contributed by atoms with Crippen molar-refractivity contribution in [1.29, 1.82) is 0 Å². The molecule has 1 aliphatic rings. The van der Waals surface area contributed by atoms with Crippen LogP contribution in [0.15, 0.2) is 53.4 Å². The number of rotatable bonds is 4. The summed E-state index contributed by atoms with van der Waals surface area (Å²) >= 11 is 0. The highest BCUT2D eigenvalue weighted by molar-refractivity contribution is 7.89. The van der Waals surface area contributed by atoms with Crippen molar-refractivity contribution in [2.45, 2.75) is 24.2 Å². The van der Waals surface area contributed by atoms with E-state index in [4.69, 9.17) is 0 Å². The molecule has 1 unspecified atom stereocenters. The molecule has 1 heterocycles. The Labute approximate surface area is 141 Å². The normalized spacial score (nSPS) is 18.6. The van der Waals surface area contributed by atoms with Crippen LogP contribution in [0.3, 0.4) is 0 Å². The van der Waals surface area contributed by atoms with E-state index >= 15 is 0 Å². The van der Waals surface area contributed by atoms with Gasteiger partial charge >= 0.3 is 5.97 Å². The van der Waals surface area contributed by atoms with Crippen LogP contribution in [0.25, 0.3) is 0 Å². The molecule has 6 heteroatoms. The first kappa shape index (κ1) is 16.7. The minimum absolute atomic E-state index is 0.0230. The van der Waals surface area contributed by atoms with Crippen LogP contribution in [0.4, 0.5) is 0 Å². The molecule has 24 heavy (non-hydrogen) atoms. The highest BCUT2D eigenvalue weighted by Crippen LogP contribution is 2.31. The summed E-state index contributed by atoms with van der Waals surface area (Å²) in [4.78, 5) is 11.3. The standard InChI is InChI=1S/C18H19NO4S/c1-13-7-8-16(11-17(13)18(20)21)24(22,23)19-10-9-15(12-19)14-5-3-2-4-6-14/h2-8,11,15H,9-10,12H2,1H3,(H,20,21). The lowest BCUT2D eigenvalue weighted by molar-refractivity contribution is 0.0696. The number of sulfonamides is 1. The van der Waals surface area contributed by atoms with Gasteiger partial charge in [-0.3, -0.25) is 0 Å². The lowest BCUT2D eigenvalue weighted by Crippen LogP contribution is -2.29. The zero-order valence-corrected chi connectivity index (χ0v) is 14.2. The molecule has 1 N–H and O–H groups in total. The van der Waals surface area contributed by atoms with E-state index in [0.717, 1.165) is 12.0 Å². The molecule has 0 saturated carbocycles. The van der Waals surface area contributed by atoms with E-state index in [1.807, 2.05) is 30.3 Å². The van der Waals surface area contributed by atoms with Crippen LogP contribution >= 0.6 is 0 Å². The summed E-state index contributed by atoms with van der Waals surface area (Å²) in [6.45, 7) is 2.52. The van der Waals surface area contributed by atoms with E-state index in [9.17, 15) is 18.3 Å². The molecule has 5 nitrogen and oxygen atoms in total. The van der Waals surface area contributed by atoms with E-state index in [-0.39, 0.29) is 16.4 Å². The largest absolute Gasteiger partial charge is 0.478 e. The number of carbonyl (C=O) groups is 1. The maximum atomic E-state index is 12.8. The predicted octanol–water partition coefficient (Wildman–Crippen LogP) is 2.87. The molecule has 126 valence electrons. The van der Waals surface area contributed by atoms with Crippen LogP contribution in [-0.4, -0.2) is 36.9 Å². The second kappa shape index (κ2) is 6.37. The fourth-order valence-electron chi connectivity index (χ4n) is 3.08. The van der Waals surface area contributed by atoms with Crippen LogP contribution in [0.5, 0.6) is 0 Å². The van der Waals surface area contributed by atoms with Gasteiger partial charge in [-0.2, -0.15) is 4.31 Å². The van der Waals surface area contributed by atoms with Crippen LogP contribution in [0, 0.1) is 6.92 Å². The van der Waals surface area contributed by atoms with Gasteiger partial charge in [0.1, 0.15) is 0 Å². The highest BCUT2D eigenvalue weighted by Gasteiger charge is 2.33. The first-order valence-corrected chi connectivity index (χ1v) is 9.22. The van der Waals surface area contributed by atoms with Crippen LogP contribution in [0.2, 0.25) is 0 Å². The second-order valence-electron chi connectivity index (χ2n) is 6.04. The number of nitrogens with zero attached hydrogens (tertiary/aromatic N) is 1. The smallest absolute Gasteiger partial charge is 0.335 e. The van der Waals surface area contributed by atoms with Crippen molar-refractivity contribution in [3.63, 3.8) is 0 Å². The molecular weight excluding hydrogens is 326 g/mol. The maximum absolute atomic E-state index is 12.8. The molecule has 0 amide bonds. The molecule has 1 atom stereocenters. The molecular formula is C18H19NO4S. The Morgan fingerprint density at radius 3 is 2.54 bits per heavy atom. The molecule has 1 aliphatic heterocycles.